The summed E-state index contributed by atoms with van der Waals surface area (Å²) in [6.07, 6.45) is 0.0402. The number of aryl methyl sites for hydroxylation is 1. The second-order valence-corrected chi connectivity index (χ2v) is 10.0. The molecular formula is C21H23ClN4O5S. The lowest BCUT2D eigenvalue weighted by Crippen LogP contribution is -2.46. The Kier molecular flexibility index (Phi) is 6.38. The Labute approximate surface area is 190 Å². The summed E-state index contributed by atoms with van der Waals surface area (Å²) in [5.41, 5.74) is 1.40. The predicted molar refractivity (Wildman–Crippen MR) is 121 cm³/mol. The zero-order valence-electron chi connectivity index (χ0n) is 17.5. The number of hydrogen-bond acceptors (Lipinski definition) is 6. The fourth-order valence-electron chi connectivity index (χ4n) is 3.58. The monoisotopic (exact) mass is 478 g/mol. The molecule has 1 aliphatic heterocycles. The molecule has 1 amide bonds. The van der Waals surface area contributed by atoms with Crippen molar-refractivity contribution in [1.82, 2.24) is 13.8 Å². The van der Waals surface area contributed by atoms with Gasteiger partial charge in [-0.15, -0.1) is 0 Å². The van der Waals surface area contributed by atoms with Crippen LogP contribution in [0.25, 0.3) is 11.1 Å². The topological polar surface area (TPSA) is 105 Å². The predicted octanol–water partition coefficient (Wildman–Crippen LogP) is 2.21. The molecule has 1 N–H and O–H groups in total. The highest BCUT2D eigenvalue weighted by Crippen LogP contribution is 2.21. The highest BCUT2D eigenvalue weighted by molar-refractivity contribution is 7.89. The lowest BCUT2D eigenvalue weighted by atomic mass is 10.3. The molecule has 0 saturated carbocycles. The summed E-state index contributed by atoms with van der Waals surface area (Å²) < 4.78 is 33.6. The van der Waals surface area contributed by atoms with Gasteiger partial charge in [-0.3, -0.25) is 9.36 Å². The largest absolute Gasteiger partial charge is 0.419 e. The van der Waals surface area contributed by atoms with Gasteiger partial charge in [-0.25, -0.2) is 13.2 Å². The summed E-state index contributed by atoms with van der Waals surface area (Å²) >= 11 is 5.91. The standard InChI is InChI=1S/C21H23ClN4O5S/c1-24-10-12-25(13-11-24)32(29,30)17-5-3-16(4-6-17)23-20(27)8-9-26-18-7-2-15(22)14-19(18)31-21(26)28/h2-7,14H,8-13H2,1H3,(H,23,27). The number of piperazine rings is 1. The Bertz CT molecular complexity index is 1290. The van der Waals surface area contributed by atoms with Crippen LogP contribution in [0.1, 0.15) is 6.42 Å². The van der Waals surface area contributed by atoms with E-state index in [1.165, 1.54) is 21.0 Å². The van der Waals surface area contributed by atoms with Crippen LogP contribution >= 0.6 is 11.6 Å². The molecule has 1 aliphatic rings. The number of aromatic nitrogens is 1. The first-order valence-corrected chi connectivity index (χ1v) is 11.9. The van der Waals surface area contributed by atoms with Crippen molar-refractivity contribution in [2.75, 3.05) is 38.5 Å². The molecular weight excluding hydrogens is 456 g/mol. The molecule has 11 heteroatoms. The molecule has 4 rings (SSSR count). The number of carbonyl (C=O) groups excluding carboxylic acids is 1. The molecule has 1 fully saturated rings. The fraction of sp³-hybridized carbons (Fsp3) is 0.333. The molecule has 32 heavy (non-hydrogen) atoms. The van der Waals surface area contributed by atoms with Gasteiger partial charge in [-0.1, -0.05) is 11.6 Å². The third-order valence-electron chi connectivity index (χ3n) is 5.43. The number of fused-ring (bicyclic) bond motifs is 1. The Morgan fingerprint density at radius 1 is 1.09 bits per heavy atom. The van der Waals surface area contributed by atoms with E-state index in [4.69, 9.17) is 16.0 Å². The minimum absolute atomic E-state index is 0.0402. The number of halogens is 1. The summed E-state index contributed by atoms with van der Waals surface area (Å²) in [6.45, 7) is 2.41. The summed E-state index contributed by atoms with van der Waals surface area (Å²) in [4.78, 5) is 26.7. The van der Waals surface area contributed by atoms with Gasteiger partial charge in [-0.05, 0) is 43.4 Å². The SMILES string of the molecule is CN1CCN(S(=O)(=O)c2ccc(NC(=O)CCn3c(=O)oc4cc(Cl)ccc43)cc2)CC1. The van der Waals surface area contributed by atoms with E-state index in [-0.39, 0.29) is 23.8 Å². The van der Waals surface area contributed by atoms with Crippen LogP contribution < -0.4 is 11.1 Å². The average molecular weight is 479 g/mol. The van der Waals surface area contributed by atoms with Crippen molar-refractivity contribution in [3.8, 4) is 0 Å². The van der Waals surface area contributed by atoms with Gasteiger partial charge in [0.05, 0.1) is 10.4 Å². The minimum atomic E-state index is -3.56. The van der Waals surface area contributed by atoms with E-state index in [1.54, 1.807) is 30.3 Å². The maximum absolute atomic E-state index is 12.8. The van der Waals surface area contributed by atoms with E-state index in [9.17, 15) is 18.0 Å². The van der Waals surface area contributed by atoms with Crippen LogP contribution in [0.5, 0.6) is 0 Å². The molecule has 0 aliphatic carbocycles. The number of sulfonamides is 1. The van der Waals surface area contributed by atoms with Gasteiger partial charge >= 0.3 is 5.76 Å². The first kappa shape index (κ1) is 22.5. The molecule has 0 atom stereocenters. The molecule has 0 spiro atoms. The van der Waals surface area contributed by atoms with Crippen LogP contribution in [-0.2, 0) is 21.4 Å². The van der Waals surface area contributed by atoms with Crippen molar-refractivity contribution in [2.45, 2.75) is 17.9 Å². The lowest BCUT2D eigenvalue weighted by Gasteiger charge is -2.31. The summed E-state index contributed by atoms with van der Waals surface area (Å²) in [6, 6.07) is 11.0. The van der Waals surface area contributed by atoms with Gasteiger partial charge in [0, 0.05) is 55.9 Å². The average Bonchev–Trinajstić information content (AvgIpc) is 3.07. The number of amides is 1. The molecule has 2 heterocycles. The van der Waals surface area contributed by atoms with Gasteiger partial charge in [0.15, 0.2) is 5.58 Å². The molecule has 0 radical (unpaired) electrons. The smallest absolute Gasteiger partial charge is 0.408 e. The van der Waals surface area contributed by atoms with E-state index in [1.807, 2.05) is 7.05 Å². The van der Waals surface area contributed by atoms with E-state index < -0.39 is 15.8 Å². The first-order valence-electron chi connectivity index (χ1n) is 10.1. The zero-order chi connectivity index (χ0) is 22.9. The van der Waals surface area contributed by atoms with Crippen molar-refractivity contribution in [3.63, 3.8) is 0 Å². The molecule has 1 saturated heterocycles. The quantitative estimate of drug-likeness (QED) is 0.582. The maximum atomic E-state index is 12.8. The third kappa shape index (κ3) is 4.73. The summed E-state index contributed by atoms with van der Waals surface area (Å²) in [5.74, 6) is -0.872. The molecule has 3 aromatic rings. The number of nitrogens with one attached hydrogen (secondary N) is 1. The molecule has 2 aromatic carbocycles. The number of oxazole rings is 1. The van der Waals surface area contributed by atoms with Crippen molar-refractivity contribution in [3.05, 3.63) is 58.0 Å². The van der Waals surface area contributed by atoms with Crippen molar-refractivity contribution in [1.29, 1.82) is 0 Å². The van der Waals surface area contributed by atoms with Crippen LogP contribution in [0.4, 0.5) is 5.69 Å². The zero-order valence-corrected chi connectivity index (χ0v) is 19.0. The Hall–Kier alpha value is -2.66. The number of rotatable bonds is 6. The Balaban J connectivity index is 1.38. The minimum Gasteiger partial charge on any atom is -0.408 e. The van der Waals surface area contributed by atoms with Crippen molar-refractivity contribution >= 4 is 44.3 Å². The molecule has 9 nitrogen and oxygen atoms in total. The number of nitrogens with zero attached hydrogens (tertiary/aromatic N) is 3. The summed E-state index contributed by atoms with van der Waals surface area (Å²) in [5, 5.41) is 3.18. The Morgan fingerprint density at radius 3 is 2.47 bits per heavy atom. The van der Waals surface area contributed by atoms with Crippen molar-refractivity contribution in [2.24, 2.45) is 0 Å². The van der Waals surface area contributed by atoms with Crippen LogP contribution in [0, 0.1) is 0 Å². The number of likely N-dealkylation sites (N-methyl/N-ethyl adjacent to an activating group) is 1. The molecule has 0 unspecified atom stereocenters. The highest BCUT2D eigenvalue weighted by atomic mass is 35.5. The van der Waals surface area contributed by atoms with Crippen LogP contribution in [0.15, 0.2) is 56.6 Å². The van der Waals surface area contributed by atoms with Crippen molar-refractivity contribution < 1.29 is 17.6 Å². The van der Waals surface area contributed by atoms with Crippen LogP contribution in [0.2, 0.25) is 5.02 Å². The van der Waals surface area contributed by atoms with Gasteiger partial charge < -0.3 is 14.6 Å². The summed E-state index contributed by atoms with van der Waals surface area (Å²) in [7, 11) is -1.60. The van der Waals surface area contributed by atoms with E-state index in [0.717, 1.165) is 0 Å². The molecule has 170 valence electrons. The number of benzene rings is 2. The van der Waals surface area contributed by atoms with Gasteiger partial charge in [0.1, 0.15) is 0 Å². The van der Waals surface area contributed by atoms with Gasteiger partial charge in [0.25, 0.3) is 0 Å². The second-order valence-electron chi connectivity index (χ2n) is 7.66. The number of carbonyl (C=O) groups is 1. The van der Waals surface area contributed by atoms with E-state index in [2.05, 4.69) is 10.2 Å². The van der Waals surface area contributed by atoms with Gasteiger partial charge in [0.2, 0.25) is 15.9 Å². The van der Waals surface area contributed by atoms with E-state index >= 15 is 0 Å². The molecule has 1 aromatic heterocycles. The maximum Gasteiger partial charge on any atom is 0.419 e. The number of hydrogen-bond donors (Lipinski definition) is 1. The van der Waals surface area contributed by atoms with E-state index in [0.29, 0.717) is 48.0 Å². The molecule has 0 bridgehead atoms. The fourth-order valence-corrected chi connectivity index (χ4v) is 5.16. The van der Waals surface area contributed by atoms with Crippen LogP contribution in [-0.4, -0.2) is 61.3 Å². The highest BCUT2D eigenvalue weighted by Gasteiger charge is 2.27. The normalized spacial score (nSPS) is 15.8. The second kappa shape index (κ2) is 9.07. The number of anilines is 1. The van der Waals surface area contributed by atoms with Gasteiger partial charge in [-0.2, -0.15) is 4.31 Å². The first-order chi connectivity index (χ1) is 15.2. The Morgan fingerprint density at radius 2 is 1.78 bits per heavy atom. The third-order valence-corrected chi connectivity index (χ3v) is 7.58. The lowest BCUT2D eigenvalue weighted by molar-refractivity contribution is -0.116. The van der Waals surface area contributed by atoms with Crippen LogP contribution in [0.3, 0.4) is 0 Å².